The van der Waals surface area contributed by atoms with Gasteiger partial charge in [0.2, 0.25) is 0 Å². The predicted molar refractivity (Wildman–Crippen MR) is 114 cm³/mol. The van der Waals surface area contributed by atoms with E-state index >= 15 is 0 Å². The maximum atomic E-state index is 12.5. The van der Waals surface area contributed by atoms with Crippen LogP contribution in [0.25, 0.3) is 11.0 Å². The highest BCUT2D eigenvalue weighted by atomic mass is 16.5. The number of likely N-dealkylation sites (N-methyl/N-ethyl adjacent to an activating group) is 1. The zero-order chi connectivity index (χ0) is 20.9. The lowest BCUT2D eigenvalue weighted by molar-refractivity contribution is -0.120. The summed E-state index contributed by atoms with van der Waals surface area (Å²) in [6, 6.07) is 24.8. The highest BCUT2D eigenvalue weighted by Crippen LogP contribution is 2.24. The Kier molecular flexibility index (Phi) is 5.48. The first-order valence-corrected chi connectivity index (χ1v) is 9.35. The summed E-state index contributed by atoms with van der Waals surface area (Å²) in [5, 5.41) is 0.781. The fraction of sp³-hybridized carbons (Fsp3) is 0.0833. The summed E-state index contributed by atoms with van der Waals surface area (Å²) in [5.74, 6) is 1.65. The summed E-state index contributed by atoms with van der Waals surface area (Å²) in [5.41, 5.74) is 0.693. The number of rotatable bonds is 6. The number of carbonyl (C=O) groups is 1. The van der Waals surface area contributed by atoms with Crippen molar-refractivity contribution in [2.24, 2.45) is 0 Å². The van der Waals surface area contributed by atoms with Crippen molar-refractivity contribution in [1.29, 1.82) is 0 Å². The Morgan fingerprint density at radius 1 is 0.867 bits per heavy atom. The lowest BCUT2D eigenvalue weighted by atomic mass is 10.2. The van der Waals surface area contributed by atoms with Crippen LogP contribution in [-0.4, -0.2) is 19.6 Å². The SMILES string of the molecule is CN(C(=O)COc1ccc2ccc(=O)oc2c1)c1ccc(Oc2ccccc2)cc1. The zero-order valence-electron chi connectivity index (χ0n) is 16.3. The molecule has 4 aromatic rings. The van der Waals surface area contributed by atoms with Crippen LogP contribution in [0.3, 0.4) is 0 Å². The number of nitrogens with zero attached hydrogens (tertiary/aromatic N) is 1. The van der Waals surface area contributed by atoms with E-state index in [1.807, 2.05) is 30.3 Å². The summed E-state index contributed by atoms with van der Waals surface area (Å²) >= 11 is 0. The molecule has 1 aromatic heterocycles. The van der Waals surface area contributed by atoms with E-state index in [1.54, 1.807) is 55.6 Å². The molecule has 0 N–H and O–H groups in total. The molecular formula is C24H19NO5. The number of ether oxygens (including phenoxy) is 2. The first kappa shape index (κ1) is 19.3. The van der Waals surface area contributed by atoms with Crippen LogP contribution in [0.5, 0.6) is 17.2 Å². The van der Waals surface area contributed by atoms with Crippen molar-refractivity contribution in [3.63, 3.8) is 0 Å². The van der Waals surface area contributed by atoms with E-state index in [2.05, 4.69) is 0 Å². The van der Waals surface area contributed by atoms with E-state index in [0.717, 1.165) is 11.1 Å². The minimum Gasteiger partial charge on any atom is -0.484 e. The van der Waals surface area contributed by atoms with Gasteiger partial charge in [0.05, 0.1) is 0 Å². The molecule has 6 nitrogen and oxygen atoms in total. The summed E-state index contributed by atoms with van der Waals surface area (Å²) < 4.78 is 16.5. The summed E-state index contributed by atoms with van der Waals surface area (Å²) in [6.45, 7) is -0.151. The van der Waals surface area contributed by atoms with Crippen molar-refractivity contribution in [3.8, 4) is 17.2 Å². The van der Waals surface area contributed by atoms with Gasteiger partial charge in [-0.15, -0.1) is 0 Å². The molecule has 0 fully saturated rings. The molecule has 0 aliphatic rings. The Bertz CT molecular complexity index is 1220. The monoisotopic (exact) mass is 401 g/mol. The first-order chi connectivity index (χ1) is 14.6. The van der Waals surface area contributed by atoms with Crippen LogP contribution < -0.4 is 20.0 Å². The van der Waals surface area contributed by atoms with Crippen LogP contribution in [0.1, 0.15) is 0 Å². The fourth-order valence-corrected chi connectivity index (χ4v) is 2.88. The Hall–Kier alpha value is -4.06. The van der Waals surface area contributed by atoms with E-state index < -0.39 is 5.63 Å². The maximum absolute atomic E-state index is 12.5. The lowest BCUT2D eigenvalue weighted by Crippen LogP contribution is -2.31. The first-order valence-electron chi connectivity index (χ1n) is 9.35. The van der Waals surface area contributed by atoms with Gasteiger partial charge in [0.1, 0.15) is 22.8 Å². The minimum absolute atomic E-state index is 0.151. The summed E-state index contributed by atoms with van der Waals surface area (Å²) in [7, 11) is 1.68. The molecule has 0 radical (unpaired) electrons. The van der Waals surface area contributed by atoms with Gasteiger partial charge in [-0.3, -0.25) is 4.79 Å². The van der Waals surface area contributed by atoms with Crippen molar-refractivity contribution in [3.05, 3.63) is 95.3 Å². The fourth-order valence-electron chi connectivity index (χ4n) is 2.88. The molecule has 0 saturated carbocycles. The van der Waals surface area contributed by atoms with Crippen LogP contribution in [0.15, 0.2) is 94.1 Å². The number of benzene rings is 3. The maximum Gasteiger partial charge on any atom is 0.336 e. The lowest BCUT2D eigenvalue weighted by Gasteiger charge is -2.18. The van der Waals surface area contributed by atoms with E-state index in [9.17, 15) is 9.59 Å². The van der Waals surface area contributed by atoms with Crippen molar-refractivity contribution in [2.45, 2.75) is 0 Å². The third-order valence-electron chi connectivity index (χ3n) is 4.53. The van der Waals surface area contributed by atoms with Crippen LogP contribution in [-0.2, 0) is 4.79 Å². The molecule has 0 atom stereocenters. The second-order valence-electron chi connectivity index (χ2n) is 6.60. The highest BCUT2D eigenvalue weighted by molar-refractivity contribution is 5.94. The third-order valence-corrected chi connectivity index (χ3v) is 4.53. The molecule has 0 unspecified atom stereocenters. The normalized spacial score (nSPS) is 10.6. The molecule has 0 aliphatic heterocycles. The molecule has 4 rings (SSSR count). The summed E-state index contributed by atoms with van der Waals surface area (Å²) in [6.07, 6.45) is 0. The van der Waals surface area contributed by atoms with Gasteiger partial charge in [0, 0.05) is 30.3 Å². The van der Waals surface area contributed by atoms with Gasteiger partial charge >= 0.3 is 5.63 Å². The average molecular weight is 401 g/mol. The number of anilines is 1. The molecule has 1 amide bonds. The van der Waals surface area contributed by atoms with Crippen molar-refractivity contribution in [2.75, 3.05) is 18.6 Å². The van der Waals surface area contributed by atoms with Gasteiger partial charge in [0.15, 0.2) is 6.61 Å². The highest BCUT2D eigenvalue weighted by Gasteiger charge is 2.12. The number of carbonyl (C=O) groups excluding carboxylic acids is 1. The average Bonchev–Trinajstić information content (AvgIpc) is 2.78. The largest absolute Gasteiger partial charge is 0.484 e. The van der Waals surface area contributed by atoms with Gasteiger partial charge in [-0.1, -0.05) is 18.2 Å². The molecule has 6 heteroatoms. The number of amides is 1. The third kappa shape index (κ3) is 4.50. The van der Waals surface area contributed by atoms with E-state index in [-0.39, 0.29) is 12.5 Å². The van der Waals surface area contributed by atoms with E-state index in [1.165, 1.54) is 11.0 Å². The Morgan fingerprint density at radius 3 is 2.30 bits per heavy atom. The van der Waals surface area contributed by atoms with E-state index in [4.69, 9.17) is 13.9 Å². The molecule has 0 spiro atoms. The molecule has 30 heavy (non-hydrogen) atoms. The van der Waals surface area contributed by atoms with Gasteiger partial charge in [-0.2, -0.15) is 0 Å². The smallest absolute Gasteiger partial charge is 0.336 e. The minimum atomic E-state index is -0.435. The Labute approximate surface area is 172 Å². The molecule has 1 heterocycles. The van der Waals surface area contributed by atoms with Crippen molar-refractivity contribution in [1.82, 2.24) is 0 Å². The quantitative estimate of drug-likeness (QED) is 0.441. The number of hydrogen-bond donors (Lipinski definition) is 0. The van der Waals surface area contributed by atoms with Gasteiger partial charge in [0.25, 0.3) is 5.91 Å². The van der Waals surface area contributed by atoms with Crippen LogP contribution in [0.2, 0.25) is 0 Å². The van der Waals surface area contributed by atoms with Gasteiger partial charge in [-0.05, 0) is 54.6 Å². The number of fused-ring (bicyclic) bond motifs is 1. The second kappa shape index (κ2) is 8.53. The molecule has 0 saturated heterocycles. The van der Waals surface area contributed by atoms with Crippen molar-refractivity contribution < 1.29 is 18.7 Å². The Morgan fingerprint density at radius 2 is 1.53 bits per heavy atom. The van der Waals surface area contributed by atoms with Crippen LogP contribution in [0.4, 0.5) is 5.69 Å². The zero-order valence-corrected chi connectivity index (χ0v) is 16.3. The summed E-state index contributed by atoms with van der Waals surface area (Å²) in [4.78, 5) is 25.4. The number of para-hydroxylation sites is 1. The molecule has 3 aromatic carbocycles. The topological polar surface area (TPSA) is 69.0 Å². The predicted octanol–water partition coefficient (Wildman–Crippen LogP) is 4.63. The van der Waals surface area contributed by atoms with Crippen molar-refractivity contribution >= 4 is 22.6 Å². The van der Waals surface area contributed by atoms with E-state index in [0.29, 0.717) is 22.8 Å². The van der Waals surface area contributed by atoms with Crippen LogP contribution in [0, 0.1) is 0 Å². The molecule has 150 valence electrons. The molecule has 0 aliphatic carbocycles. The number of hydrogen-bond acceptors (Lipinski definition) is 5. The standard InChI is InChI=1S/C24H19NO5/c1-25(18-9-12-20(13-10-18)29-19-5-3-2-4-6-19)23(26)16-28-21-11-7-17-8-14-24(27)30-22(17)15-21/h2-15H,16H2,1H3. The Balaban J connectivity index is 1.38. The van der Waals surface area contributed by atoms with Gasteiger partial charge in [-0.25, -0.2) is 4.79 Å². The van der Waals surface area contributed by atoms with Gasteiger partial charge < -0.3 is 18.8 Å². The molecular weight excluding hydrogens is 382 g/mol. The molecule has 0 bridgehead atoms. The van der Waals surface area contributed by atoms with Crippen LogP contribution >= 0.6 is 0 Å². The second-order valence-corrected chi connectivity index (χ2v) is 6.60.